The van der Waals surface area contributed by atoms with Crippen LogP contribution in [0, 0.1) is 0 Å². The summed E-state index contributed by atoms with van der Waals surface area (Å²) in [5.41, 5.74) is 0. The minimum Gasteiger partial charge on any atom is -0.493 e. The average Bonchev–Trinajstić information content (AvgIpc) is 2.76. The van der Waals surface area contributed by atoms with Crippen LogP contribution in [0.25, 0.3) is 10.8 Å². The maximum absolute atomic E-state index is 10.1. The Morgan fingerprint density at radius 1 is 0.833 bits per heavy atom. The van der Waals surface area contributed by atoms with Gasteiger partial charge in [0.15, 0.2) is 11.5 Å². The maximum Gasteiger partial charge on any atom is 0.169 e. The Morgan fingerprint density at radius 3 is 1.97 bits per heavy atom. The van der Waals surface area contributed by atoms with Gasteiger partial charge >= 0.3 is 0 Å². The lowest BCUT2D eigenvalue weighted by molar-refractivity contribution is 0.0206. The summed E-state index contributed by atoms with van der Waals surface area (Å²) in [6, 6.07) is 9.23. The van der Waals surface area contributed by atoms with Gasteiger partial charge in [-0.1, -0.05) is 36.4 Å². The highest BCUT2D eigenvalue weighted by molar-refractivity contribution is 5.95. The van der Waals surface area contributed by atoms with Crippen molar-refractivity contribution in [3.63, 3.8) is 0 Å². The molecule has 0 saturated heterocycles. The summed E-state index contributed by atoms with van der Waals surface area (Å²) in [4.78, 5) is 0. The molecule has 164 valence electrons. The summed E-state index contributed by atoms with van der Waals surface area (Å²) < 4.78 is 27.7. The van der Waals surface area contributed by atoms with E-state index in [1.807, 2.05) is 24.3 Å². The van der Waals surface area contributed by atoms with Crippen molar-refractivity contribution in [2.24, 2.45) is 0 Å². The van der Waals surface area contributed by atoms with Crippen LogP contribution in [-0.4, -0.2) is 69.2 Å². The Balaban J connectivity index is 2.15. The Kier molecular flexibility index (Phi) is 10.2. The molecule has 2 atom stereocenters. The van der Waals surface area contributed by atoms with Crippen LogP contribution < -0.4 is 14.2 Å². The number of benzene rings is 2. The minimum absolute atomic E-state index is 0.0387. The van der Waals surface area contributed by atoms with E-state index in [1.54, 1.807) is 18.2 Å². The molecular formula is C23H30O7. The number of aliphatic hydroxyl groups excluding tert-OH is 2. The smallest absolute Gasteiger partial charge is 0.169 e. The fraction of sp³-hybridized carbons (Fsp3) is 0.391. The van der Waals surface area contributed by atoms with Crippen molar-refractivity contribution in [3.05, 3.63) is 55.6 Å². The second-order valence-corrected chi connectivity index (χ2v) is 6.53. The van der Waals surface area contributed by atoms with E-state index in [0.29, 0.717) is 30.5 Å². The zero-order valence-corrected chi connectivity index (χ0v) is 17.3. The van der Waals surface area contributed by atoms with Crippen LogP contribution in [0.4, 0.5) is 0 Å². The van der Waals surface area contributed by atoms with Crippen molar-refractivity contribution >= 4 is 10.8 Å². The van der Waals surface area contributed by atoms with Gasteiger partial charge in [-0.25, -0.2) is 0 Å². The zero-order valence-electron chi connectivity index (χ0n) is 17.3. The van der Waals surface area contributed by atoms with E-state index >= 15 is 0 Å². The van der Waals surface area contributed by atoms with E-state index in [9.17, 15) is 10.2 Å². The van der Waals surface area contributed by atoms with Gasteiger partial charge in [-0.05, 0) is 0 Å². The molecule has 0 bridgehead atoms. The highest BCUT2D eigenvalue weighted by atomic mass is 16.5. The van der Waals surface area contributed by atoms with Crippen molar-refractivity contribution in [2.75, 3.05) is 46.8 Å². The molecule has 7 heteroatoms. The number of ether oxygens (including phenoxy) is 5. The van der Waals surface area contributed by atoms with E-state index in [4.69, 9.17) is 23.7 Å². The summed E-state index contributed by atoms with van der Waals surface area (Å²) in [7, 11) is 1.53. The Morgan fingerprint density at radius 2 is 1.40 bits per heavy atom. The van der Waals surface area contributed by atoms with E-state index < -0.39 is 12.2 Å². The number of methoxy groups -OCH3 is 1. The zero-order chi connectivity index (χ0) is 21.8. The van der Waals surface area contributed by atoms with Crippen LogP contribution >= 0.6 is 0 Å². The molecule has 2 N–H and O–H groups in total. The third-order valence-corrected chi connectivity index (χ3v) is 4.09. The third-order valence-electron chi connectivity index (χ3n) is 4.09. The van der Waals surface area contributed by atoms with Crippen molar-refractivity contribution in [1.82, 2.24) is 0 Å². The first kappa shape index (κ1) is 23.7. The van der Waals surface area contributed by atoms with E-state index in [-0.39, 0.29) is 26.4 Å². The van der Waals surface area contributed by atoms with Gasteiger partial charge in [0.1, 0.15) is 31.2 Å². The highest BCUT2D eigenvalue weighted by Gasteiger charge is 2.17. The van der Waals surface area contributed by atoms with Gasteiger partial charge in [0.25, 0.3) is 0 Å². The van der Waals surface area contributed by atoms with Crippen LogP contribution in [0.5, 0.6) is 17.2 Å². The Labute approximate surface area is 177 Å². The number of rotatable bonds is 15. The normalized spacial score (nSPS) is 12.9. The quantitative estimate of drug-likeness (QED) is 0.340. The number of fused-ring (bicyclic) bond motifs is 1. The predicted octanol–water partition coefficient (Wildman–Crippen LogP) is 2.73. The SMILES string of the molecule is C=CCOCC(O)COc1cc(OC)c(OCC(O)COCC=C)c2ccccc12. The van der Waals surface area contributed by atoms with Crippen molar-refractivity contribution in [2.45, 2.75) is 12.2 Å². The molecular weight excluding hydrogens is 388 g/mol. The van der Waals surface area contributed by atoms with Gasteiger partial charge in [-0.2, -0.15) is 0 Å². The summed E-state index contributed by atoms with van der Waals surface area (Å²) >= 11 is 0. The fourth-order valence-electron chi connectivity index (χ4n) is 2.75. The van der Waals surface area contributed by atoms with Gasteiger partial charge in [-0.15, -0.1) is 13.2 Å². The molecule has 0 aliphatic heterocycles. The number of aliphatic hydroxyl groups is 2. The first-order chi connectivity index (χ1) is 14.6. The molecule has 0 fully saturated rings. The lowest BCUT2D eigenvalue weighted by atomic mass is 10.1. The first-order valence-electron chi connectivity index (χ1n) is 9.69. The van der Waals surface area contributed by atoms with Gasteiger partial charge in [0, 0.05) is 16.8 Å². The predicted molar refractivity (Wildman–Crippen MR) is 116 cm³/mol. The van der Waals surface area contributed by atoms with Gasteiger partial charge in [0.05, 0.1) is 33.5 Å². The highest BCUT2D eigenvalue weighted by Crippen LogP contribution is 2.41. The van der Waals surface area contributed by atoms with E-state index in [2.05, 4.69) is 13.2 Å². The summed E-state index contributed by atoms with van der Waals surface area (Å²) in [5.74, 6) is 1.51. The average molecular weight is 418 g/mol. The molecule has 0 aliphatic carbocycles. The molecule has 0 aliphatic rings. The summed E-state index contributed by atoms with van der Waals surface area (Å²) in [6.45, 7) is 8.24. The molecule has 30 heavy (non-hydrogen) atoms. The van der Waals surface area contributed by atoms with Gasteiger partial charge < -0.3 is 33.9 Å². The van der Waals surface area contributed by atoms with Crippen molar-refractivity contribution < 1.29 is 33.9 Å². The standard InChI is InChI=1S/C23H30O7/c1-4-10-27-13-17(24)15-29-21-12-22(26-3)23(20-9-7-6-8-19(20)21)30-16-18(25)14-28-11-5-2/h4-9,12,17-18,24-25H,1-2,10-11,13-16H2,3H3. The molecule has 0 amide bonds. The lowest BCUT2D eigenvalue weighted by Crippen LogP contribution is -2.24. The Bertz CT molecular complexity index is 805. The lowest BCUT2D eigenvalue weighted by Gasteiger charge is -2.19. The largest absolute Gasteiger partial charge is 0.493 e. The van der Waals surface area contributed by atoms with E-state index in [1.165, 1.54) is 7.11 Å². The number of hydrogen-bond acceptors (Lipinski definition) is 7. The Hall–Kier alpha value is -2.58. The molecule has 2 aromatic carbocycles. The second kappa shape index (κ2) is 12.9. The van der Waals surface area contributed by atoms with Gasteiger partial charge in [-0.3, -0.25) is 0 Å². The minimum atomic E-state index is -0.796. The van der Waals surface area contributed by atoms with Gasteiger partial charge in [0.2, 0.25) is 0 Å². The van der Waals surface area contributed by atoms with Crippen LogP contribution in [0.3, 0.4) is 0 Å². The molecule has 2 unspecified atom stereocenters. The molecule has 0 radical (unpaired) electrons. The van der Waals surface area contributed by atoms with Crippen LogP contribution in [0.1, 0.15) is 0 Å². The van der Waals surface area contributed by atoms with E-state index in [0.717, 1.165) is 10.8 Å². The first-order valence-corrected chi connectivity index (χ1v) is 9.69. The van der Waals surface area contributed by atoms with Crippen molar-refractivity contribution in [3.8, 4) is 17.2 Å². The van der Waals surface area contributed by atoms with Crippen LogP contribution in [0.15, 0.2) is 55.6 Å². The summed E-state index contributed by atoms with van der Waals surface area (Å²) in [6.07, 6.45) is 1.66. The van der Waals surface area contributed by atoms with Crippen molar-refractivity contribution in [1.29, 1.82) is 0 Å². The monoisotopic (exact) mass is 418 g/mol. The molecule has 0 spiro atoms. The number of hydrogen-bond donors (Lipinski definition) is 2. The third kappa shape index (κ3) is 7.03. The fourth-order valence-corrected chi connectivity index (χ4v) is 2.75. The second-order valence-electron chi connectivity index (χ2n) is 6.53. The molecule has 2 rings (SSSR count). The molecule has 0 aromatic heterocycles. The molecule has 0 heterocycles. The van der Waals surface area contributed by atoms with Crippen LogP contribution in [-0.2, 0) is 9.47 Å². The molecule has 2 aromatic rings. The topological polar surface area (TPSA) is 86.6 Å². The van der Waals surface area contributed by atoms with Crippen LogP contribution in [0.2, 0.25) is 0 Å². The molecule has 7 nitrogen and oxygen atoms in total. The summed E-state index contributed by atoms with van der Waals surface area (Å²) in [5, 5.41) is 21.7. The maximum atomic E-state index is 10.1. The molecule has 0 saturated carbocycles.